The van der Waals surface area contributed by atoms with Crippen LogP contribution in [-0.4, -0.2) is 35.4 Å². The normalized spacial score (nSPS) is 16.2. The van der Waals surface area contributed by atoms with E-state index < -0.39 is 4.92 Å². The van der Waals surface area contributed by atoms with Gasteiger partial charge in [-0.05, 0) is 43.6 Å². The molecule has 1 aromatic heterocycles. The summed E-state index contributed by atoms with van der Waals surface area (Å²) in [6, 6.07) is 9.92. The molecular formula is C19H23N3O4. The Balaban J connectivity index is 1.57. The summed E-state index contributed by atoms with van der Waals surface area (Å²) >= 11 is 0. The van der Waals surface area contributed by atoms with Crippen molar-refractivity contribution >= 4 is 11.6 Å². The van der Waals surface area contributed by atoms with Crippen LogP contribution in [0.25, 0.3) is 0 Å². The first-order valence-electron chi connectivity index (χ1n) is 8.91. The van der Waals surface area contributed by atoms with Gasteiger partial charge < -0.3 is 9.73 Å². The minimum atomic E-state index is -0.448. The maximum Gasteiger partial charge on any atom is 0.269 e. The number of rotatable bonds is 7. The molecule has 1 aromatic carbocycles. The lowest BCUT2D eigenvalue weighted by Gasteiger charge is -2.33. The molecule has 1 aliphatic rings. The molecule has 1 atom stereocenters. The van der Waals surface area contributed by atoms with Crippen molar-refractivity contribution in [3.8, 4) is 0 Å². The van der Waals surface area contributed by atoms with Crippen molar-refractivity contribution in [2.24, 2.45) is 0 Å². The van der Waals surface area contributed by atoms with Crippen molar-refractivity contribution in [3.05, 3.63) is 64.1 Å². The first-order valence-corrected chi connectivity index (χ1v) is 8.91. The summed E-state index contributed by atoms with van der Waals surface area (Å²) in [5, 5.41) is 13.7. The minimum Gasteiger partial charge on any atom is -0.468 e. The second-order valence-corrected chi connectivity index (χ2v) is 6.53. The van der Waals surface area contributed by atoms with Crippen LogP contribution in [0.15, 0.2) is 47.1 Å². The lowest BCUT2D eigenvalue weighted by Crippen LogP contribution is -2.40. The number of likely N-dealkylation sites (tertiary alicyclic amines) is 1. The van der Waals surface area contributed by atoms with Gasteiger partial charge in [0.15, 0.2) is 0 Å². The smallest absolute Gasteiger partial charge is 0.269 e. The van der Waals surface area contributed by atoms with Crippen molar-refractivity contribution < 1.29 is 14.1 Å². The Morgan fingerprint density at radius 2 is 1.92 bits per heavy atom. The second kappa shape index (κ2) is 8.62. The van der Waals surface area contributed by atoms with Gasteiger partial charge in [-0.1, -0.05) is 18.6 Å². The molecule has 1 unspecified atom stereocenters. The SMILES string of the molecule is O=C(Cc1ccc([N+](=O)[O-])cc1)NCC(c1ccco1)N1CCCCC1. The van der Waals surface area contributed by atoms with E-state index in [2.05, 4.69) is 10.2 Å². The number of non-ortho nitro benzene ring substituents is 1. The lowest BCUT2D eigenvalue weighted by molar-refractivity contribution is -0.384. The Kier molecular flexibility index (Phi) is 6.01. The molecule has 26 heavy (non-hydrogen) atoms. The first kappa shape index (κ1) is 18.1. The number of piperidine rings is 1. The van der Waals surface area contributed by atoms with Crippen molar-refractivity contribution in [1.82, 2.24) is 10.2 Å². The molecule has 2 aromatic rings. The number of carbonyl (C=O) groups excluding carboxylic acids is 1. The molecule has 7 heteroatoms. The second-order valence-electron chi connectivity index (χ2n) is 6.53. The molecule has 0 aliphatic carbocycles. The van der Waals surface area contributed by atoms with Crippen LogP contribution in [0.2, 0.25) is 0 Å². The minimum absolute atomic E-state index is 0.0251. The average molecular weight is 357 g/mol. The fraction of sp³-hybridized carbons (Fsp3) is 0.421. The Bertz CT molecular complexity index is 722. The largest absolute Gasteiger partial charge is 0.468 e. The Morgan fingerprint density at radius 3 is 2.54 bits per heavy atom. The Morgan fingerprint density at radius 1 is 1.19 bits per heavy atom. The standard InChI is InChI=1S/C19H23N3O4/c23-19(13-15-6-8-16(9-7-15)22(24)25)20-14-17(18-5-4-12-26-18)21-10-2-1-3-11-21/h4-9,12,17H,1-3,10-11,13-14H2,(H,20,23). The number of nitrogens with one attached hydrogen (secondary N) is 1. The summed E-state index contributed by atoms with van der Waals surface area (Å²) in [7, 11) is 0. The van der Waals surface area contributed by atoms with Crippen molar-refractivity contribution in [2.45, 2.75) is 31.7 Å². The van der Waals surface area contributed by atoms with E-state index in [0.717, 1.165) is 37.3 Å². The van der Waals surface area contributed by atoms with Crippen LogP contribution >= 0.6 is 0 Å². The molecule has 3 rings (SSSR count). The third kappa shape index (κ3) is 4.70. The van der Waals surface area contributed by atoms with E-state index in [1.807, 2.05) is 12.1 Å². The van der Waals surface area contributed by atoms with Crippen LogP contribution in [0, 0.1) is 10.1 Å². The van der Waals surface area contributed by atoms with E-state index >= 15 is 0 Å². The number of hydrogen-bond acceptors (Lipinski definition) is 5. The van der Waals surface area contributed by atoms with Gasteiger partial charge in [0.25, 0.3) is 5.69 Å². The highest BCUT2D eigenvalue weighted by Gasteiger charge is 2.24. The van der Waals surface area contributed by atoms with Gasteiger partial charge in [-0.15, -0.1) is 0 Å². The number of furan rings is 1. The monoisotopic (exact) mass is 357 g/mol. The fourth-order valence-corrected chi connectivity index (χ4v) is 3.31. The molecule has 1 saturated heterocycles. The first-order chi connectivity index (χ1) is 12.6. The highest BCUT2D eigenvalue weighted by molar-refractivity contribution is 5.78. The molecule has 1 N–H and O–H groups in total. The average Bonchev–Trinajstić information content (AvgIpc) is 3.17. The number of benzene rings is 1. The van der Waals surface area contributed by atoms with Gasteiger partial charge in [-0.25, -0.2) is 0 Å². The molecule has 0 radical (unpaired) electrons. The van der Waals surface area contributed by atoms with Crippen LogP contribution in [0.5, 0.6) is 0 Å². The predicted octanol–water partition coefficient (Wildman–Crippen LogP) is 3.07. The van der Waals surface area contributed by atoms with Crippen LogP contribution in [0.4, 0.5) is 5.69 Å². The van der Waals surface area contributed by atoms with E-state index in [9.17, 15) is 14.9 Å². The molecule has 1 fully saturated rings. The summed E-state index contributed by atoms with van der Waals surface area (Å²) in [5.74, 6) is 0.759. The molecule has 0 spiro atoms. The Hall–Kier alpha value is -2.67. The van der Waals surface area contributed by atoms with Gasteiger partial charge in [0, 0.05) is 18.7 Å². The maximum atomic E-state index is 12.3. The molecule has 0 bridgehead atoms. The summed E-state index contributed by atoms with van der Waals surface area (Å²) in [4.78, 5) is 24.9. The van der Waals surface area contributed by atoms with Crippen molar-refractivity contribution in [1.29, 1.82) is 0 Å². The number of nitro benzene ring substituents is 1. The topological polar surface area (TPSA) is 88.6 Å². The molecule has 2 heterocycles. The summed E-state index contributed by atoms with van der Waals surface area (Å²) in [6.45, 7) is 2.49. The molecule has 0 saturated carbocycles. The van der Waals surface area contributed by atoms with Gasteiger partial charge in [-0.3, -0.25) is 19.8 Å². The van der Waals surface area contributed by atoms with E-state index in [1.165, 1.54) is 18.6 Å². The number of carbonyl (C=O) groups is 1. The molecular weight excluding hydrogens is 334 g/mol. The molecule has 7 nitrogen and oxygen atoms in total. The van der Waals surface area contributed by atoms with E-state index in [-0.39, 0.29) is 24.1 Å². The van der Waals surface area contributed by atoms with Crippen LogP contribution < -0.4 is 5.32 Å². The summed E-state index contributed by atoms with van der Waals surface area (Å²) < 4.78 is 5.58. The lowest BCUT2D eigenvalue weighted by atomic mass is 10.1. The predicted molar refractivity (Wildman–Crippen MR) is 96.7 cm³/mol. The van der Waals surface area contributed by atoms with Gasteiger partial charge in [0.2, 0.25) is 5.91 Å². The zero-order valence-electron chi connectivity index (χ0n) is 14.6. The Labute approximate surface area is 152 Å². The quantitative estimate of drug-likeness (QED) is 0.608. The van der Waals surface area contributed by atoms with Gasteiger partial charge in [0.05, 0.1) is 23.6 Å². The van der Waals surface area contributed by atoms with E-state index in [0.29, 0.717) is 6.54 Å². The molecule has 1 aliphatic heterocycles. The fourth-order valence-electron chi connectivity index (χ4n) is 3.31. The van der Waals surface area contributed by atoms with Crippen molar-refractivity contribution in [2.75, 3.05) is 19.6 Å². The summed E-state index contributed by atoms with van der Waals surface area (Å²) in [5.41, 5.74) is 0.776. The van der Waals surface area contributed by atoms with E-state index in [4.69, 9.17) is 4.42 Å². The maximum absolute atomic E-state index is 12.3. The van der Waals surface area contributed by atoms with Crippen LogP contribution in [-0.2, 0) is 11.2 Å². The highest BCUT2D eigenvalue weighted by atomic mass is 16.6. The molecule has 138 valence electrons. The summed E-state index contributed by atoms with van der Waals surface area (Å²) in [6.07, 6.45) is 5.42. The van der Waals surface area contributed by atoms with E-state index in [1.54, 1.807) is 18.4 Å². The van der Waals surface area contributed by atoms with Gasteiger partial charge >= 0.3 is 0 Å². The highest BCUT2D eigenvalue weighted by Crippen LogP contribution is 2.24. The third-order valence-corrected chi connectivity index (χ3v) is 4.71. The number of nitro groups is 1. The van der Waals surface area contributed by atoms with Crippen LogP contribution in [0.3, 0.4) is 0 Å². The van der Waals surface area contributed by atoms with Crippen molar-refractivity contribution in [3.63, 3.8) is 0 Å². The molecule has 1 amide bonds. The number of nitrogens with zero attached hydrogens (tertiary/aromatic N) is 2. The van der Waals surface area contributed by atoms with Crippen LogP contribution in [0.1, 0.15) is 36.6 Å². The number of amides is 1. The third-order valence-electron chi connectivity index (χ3n) is 4.71. The van der Waals surface area contributed by atoms with Gasteiger partial charge in [0.1, 0.15) is 5.76 Å². The number of hydrogen-bond donors (Lipinski definition) is 1. The van der Waals surface area contributed by atoms with Gasteiger partial charge in [-0.2, -0.15) is 0 Å². The zero-order chi connectivity index (χ0) is 18.4. The zero-order valence-corrected chi connectivity index (χ0v) is 14.6.